The summed E-state index contributed by atoms with van der Waals surface area (Å²) in [7, 11) is 1.83. The molecule has 3 aromatic rings. The van der Waals surface area contributed by atoms with E-state index in [1.807, 2.05) is 37.4 Å². The van der Waals surface area contributed by atoms with Crippen LogP contribution < -0.4 is 10.1 Å². The highest BCUT2D eigenvalue weighted by atomic mass is 35.5. The zero-order valence-corrected chi connectivity index (χ0v) is 20.1. The average Bonchev–Trinajstić information content (AvgIpc) is 2.85. The van der Waals surface area contributed by atoms with Gasteiger partial charge in [0.05, 0.1) is 10.6 Å². The molecule has 4 rings (SSSR count). The van der Waals surface area contributed by atoms with E-state index in [1.165, 1.54) is 32.1 Å². The number of anilines is 1. The van der Waals surface area contributed by atoms with Crippen molar-refractivity contribution < 1.29 is 14.3 Å². The monoisotopic (exact) mass is 476 g/mol. The van der Waals surface area contributed by atoms with E-state index >= 15 is 0 Å². The van der Waals surface area contributed by atoms with Crippen LogP contribution >= 0.6 is 11.6 Å². The normalized spacial score (nSPS) is 13.8. The molecule has 3 aromatic carbocycles. The summed E-state index contributed by atoms with van der Waals surface area (Å²) < 4.78 is 5.76. The fourth-order valence-corrected chi connectivity index (χ4v) is 4.58. The third-order valence-electron chi connectivity index (χ3n) is 6.16. The first-order valence-corrected chi connectivity index (χ1v) is 12.1. The Morgan fingerprint density at radius 2 is 1.62 bits per heavy atom. The Balaban J connectivity index is 1.36. The lowest BCUT2D eigenvalue weighted by Crippen LogP contribution is -2.32. The standard InChI is InChI=1S/C28H29ClN2O3/c1-31(19-20-8-4-2-5-9-20)28(33)25-17-14-22(18-26(25)29)30-27(32)21-12-15-24(16-13-21)34-23-10-6-3-7-11-23/h3,6-7,10-18,20H,2,4-5,8-9,19H2,1H3,(H,30,32). The molecule has 1 aliphatic carbocycles. The number of rotatable bonds is 7. The minimum Gasteiger partial charge on any atom is -0.457 e. The summed E-state index contributed by atoms with van der Waals surface area (Å²) >= 11 is 6.42. The predicted octanol–water partition coefficient (Wildman–Crippen LogP) is 7.04. The molecule has 1 saturated carbocycles. The number of para-hydroxylation sites is 1. The largest absolute Gasteiger partial charge is 0.457 e. The topological polar surface area (TPSA) is 58.6 Å². The van der Waals surface area contributed by atoms with Gasteiger partial charge in [-0.25, -0.2) is 0 Å². The molecule has 0 aromatic heterocycles. The zero-order chi connectivity index (χ0) is 23.9. The lowest BCUT2D eigenvalue weighted by molar-refractivity contribution is 0.0760. The molecule has 176 valence electrons. The molecule has 6 heteroatoms. The summed E-state index contributed by atoms with van der Waals surface area (Å²) in [6.45, 7) is 0.748. The van der Waals surface area contributed by atoms with Crippen molar-refractivity contribution in [1.29, 1.82) is 0 Å². The van der Waals surface area contributed by atoms with Crippen LogP contribution in [0.3, 0.4) is 0 Å². The second-order valence-electron chi connectivity index (χ2n) is 8.78. The third-order valence-corrected chi connectivity index (χ3v) is 6.47. The molecule has 0 bridgehead atoms. The summed E-state index contributed by atoms with van der Waals surface area (Å²) in [6, 6.07) is 21.4. The number of ether oxygens (including phenoxy) is 1. The van der Waals surface area contributed by atoms with Crippen molar-refractivity contribution in [2.24, 2.45) is 5.92 Å². The number of carbonyl (C=O) groups excluding carboxylic acids is 2. The first kappa shape index (κ1) is 23.8. The SMILES string of the molecule is CN(CC1CCCCC1)C(=O)c1ccc(NC(=O)c2ccc(Oc3ccccc3)cc2)cc1Cl. The highest BCUT2D eigenvalue weighted by Gasteiger charge is 2.21. The van der Waals surface area contributed by atoms with Crippen molar-refractivity contribution in [2.75, 3.05) is 18.9 Å². The second kappa shape index (κ2) is 11.2. The Kier molecular flexibility index (Phi) is 7.86. The van der Waals surface area contributed by atoms with Gasteiger partial charge in [0.25, 0.3) is 11.8 Å². The summed E-state index contributed by atoms with van der Waals surface area (Å²) in [4.78, 5) is 27.3. The molecule has 5 nitrogen and oxygen atoms in total. The molecule has 0 radical (unpaired) electrons. The molecule has 1 fully saturated rings. The molecule has 1 N–H and O–H groups in total. The van der Waals surface area contributed by atoms with Gasteiger partial charge in [0.15, 0.2) is 0 Å². The van der Waals surface area contributed by atoms with Crippen LogP contribution in [0.25, 0.3) is 0 Å². The summed E-state index contributed by atoms with van der Waals surface area (Å²) in [5, 5.41) is 3.16. The molecule has 0 atom stereocenters. The fraction of sp³-hybridized carbons (Fsp3) is 0.286. The number of nitrogens with one attached hydrogen (secondary N) is 1. The molecule has 34 heavy (non-hydrogen) atoms. The van der Waals surface area contributed by atoms with E-state index in [9.17, 15) is 9.59 Å². The molecule has 0 heterocycles. The summed E-state index contributed by atoms with van der Waals surface area (Å²) in [5.41, 5.74) is 1.47. The first-order chi connectivity index (χ1) is 16.5. The number of halogens is 1. The van der Waals surface area contributed by atoms with E-state index in [0.29, 0.717) is 33.5 Å². The van der Waals surface area contributed by atoms with Gasteiger partial charge in [-0.2, -0.15) is 0 Å². The van der Waals surface area contributed by atoms with Gasteiger partial charge < -0.3 is 15.0 Å². The number of nitrogens with zero attached hydrogens (tertiary/aromatic N) is 1. The van der Waals surface area contributed by atoms with E-state index in [2.05, 4.69) is 5.32 Å². The third kappa shape index (κ3) is 6.17. The van der Waals surface area contributed by atoms with Crippen molar-refractivity contribution in [3.63, 3.8) is 0 Å². The van der Waals surface area contributed by atoms with E-state index in [-0.39, 0.29) is 11.8 Å². The lowest BCUT2D eigenvalue weighted by Gasteiger charge is -2.27. The van der Waals surface area contributed by atoms with Crippen molar-refractivity contribution in [3.8, 4) is 11.5 Å². The number of carbonyl (C=O) groups is 2. The van der Waals surface area contributed by atoms with Crippen LogP contribution in [-0.4, -0.2) is 30.3 Å². The van der Waals surface area contributed by atoms with Gasteiger partial charge in [-0.15, -0.1) is 0 Å². The lowest BCUT2D eigenvalue weighted by atomic mass is 9.89. The van der Waals surface area contributed by atoms with Gasteiger partial charge in [0.2, 0.25) is 0 Å². The molecule has 0 saturated heterocycles. The smallest absolute Gasteiger partial charge is 0.255 e. The number of hydrogen-bond acceptors (Lipinski definition) is 3. The Hall–Kier alpha value is -3.31. The predicted molar refractivity (Wildman–Crippen MR) is 136 cm³/mol. The van der Waals surface area contributed by atoms with Crippen LogP contribution in [0, 0.1) is 5.92 Å². The number of amides is 2. The van der Waals surface area contributed by atoms with Crippen LogP contribution in [0.4, 0.5) is 5.69 Å². The van der Waals surface area contributed by atoms with Gasteiger partial charge in [-0.1, -0.05) is 49.1 Å². The van der Waals surface area contributed by atoms with E-state index < -0.39 is 0 Å². The molecule has 2 amide bonds. The van der Waals surface area contributed by atoms with Gasteiger partial charge in [-0.3, -0.25) is 9.59 Å². The minimum atomic E-state index is -0.268. The maximum Gasteiger partial charge on any atom is 0.255 e. The van der Waals surface area contributed by atoms with E-state index in [4.69, 9.17) is 16.3 Å². The molecule has 0 unspecified atom stereocenters. The van der Waals surface area contributed by atoms with Crippen molar-refractivity contribution in [3.05, 3.63) is 88.9 Å². The molecular formula is C28H29ClN2O3. The van der Waals surface area contributed by atoms with Gasteiger partial charge in [-0.05, 0) is 73.4 Å². The van der Waals surface area contributed by atoms with E-state index in [1.54, 1.807) is 47.4 Å². The Bertz CT molecular complexity index is 1130. The van der Waals surface area contributed by atoms with Crippen LogP contribution in [0.2, 0.25) is 5.02 Å². The Morgan fingerprint density at radius 1 is 0.941 bits per heavy atom. The maximum absolute atomic E-state index is 12.9. The van der Waals surface area contributed by atoms with Crippen LogP contribution in [0.5, 0.6) is 11.5 Å². The minimum absolute atomic E-state index is 0.0949. The highest BCUT2D eigenvalue weighted by molar-refractivity contribution is 6.34. The average molecular weight is 477 g/mol. The maximum atomic E-state index is 12.9. The Labute approximate surface area is 205 Å². The van der Waals surface area contributed by atoms with Crippen molar-refractivity contribution in [1.82, 2.24) is 4.90 Å². The van der Waals surface area contributed by atoms with Crippen LogP contribution in [0.1, 0.15) is 52.8 Å². The quantitative estimate of drug-likeness (QED) is 0.398. The summed E-state index contributed by atoms with van der Waals surface area (Å²) in [6.07, 6.45) is 6.12. The van der Waals surface area contributed by atoms with Gasteiger partial charge >= 0.3 is 0 Å². The molecule has 0 aliphatic heterocycles. The first-order valence-electron chi connectivity index (χ1n) is 11.7. The number of hydrogen-bond donors (Lipinski definition) is 1. The summed E-state index contributed by atoms with van der Waals surface area (Å²) in [5.74, 6) is 1.57. The van der Waals surface area contributed by atoms with Crippen LogP contribution in [-0.2, 0) is 0 Å². The molecule has 0 spiro atoms. The molecule has 1 aliphatic rings. The van der Waals surface area contributed by atoms with Crippen molar-refractivity contribution >= 4 is 29.1 Å². The molecular weight excluding hydrogens is 448 g/mol. The fourth-order valence-electron chi connectivity index (χ4n) is 4.31. The second-order valence-corrected chi connectivity index (χ2v) is 9.19. The highest BCUT2D eigenvalue weighted by Crippen LogP contribution is 2.27. The van der Waals surface area contributed by atoms with Gasteiger partial charge in [0.1, 0.15) is 11.5 Å². The van der Waals surface area contributed by atoms with Gasteiger partial charge in [0, 0.05) is 24.8 Å². The Morgan fingerprint density at radius 3 is 2.29 bits per heavy atom. The number of benzene rings is 3. The van der Waals surface area contributed by atoms with Crippen LogP contribution in [0.15, 0.2) is 72.8 Å². The zero-order valence-electron chi connectivity index (χ0n) is 19.3. The van der Waals surface area contributed by atoms with E-state index in [0.717, 1.165) is 12.3 Å². The van der Waals surface area contributed by atoms with Crippen molar-refractivity contribution in [2.45, 2.75) is 32.1 Å².